The van der Waals surface area contributed by atoms with E-state index in [-0.39, 0.29) is 11.6 Å². The molecule has 4 nitrogen and oxygen atoms in total. The molecule has 2 aliphatic carbocycles. The molecular weight excluding hydrogens is 178 g/mol. The summed E-state index contributed by atoms with van der Waals surface area (Å²) in [5.41, 5.74) is 9.42. The van der Waals surface area contributed by atoms with Crippen LogP contribution in [0.4, 0.5) is 0 Å². The summed E-state index contributed by atoms with van der Waals surface area (Å²) in [5, 5.41) is 16.7. The predicted molar refractivity (Wildman–Crippen MR) is 51.7 cm³/mol. The van der Waals surface area contributed by atoms with E-state index in [0.717, 1.165) is 18.5 Å². The van der Waals surface area contributed by atoms with Crippen molar-refractivity contribution in [3.63, 3.8) is 0 Å². The van der Waals surface area contributed by atoms with Crippen molar-refractivity contribution in [2.45, 2.75) is 43.7 Å². The molecule has 0 atom stereocenters. The van der Waals surface area contributed by atoms with Crippen molar-refractivity contribution in [1.82, 2.24) is 10.2 Å². The van der Waals surface area contributed by atoms with Crippen LogP contribution in [-0.2, 0) is 18.4 Å². The molecule has 0 spiro atoms. The van der Waals surface area contributed by atoms with Crippen molar-refractivity contribution in [2.75, 3.05) is 0 Å². The van der Waals surface area contributed by atoms with Gasteiger partial charge in [0.25, 0.3) is 0 Å². The van der Waals surface area contributed by atoms with E-state index in [1.54, 1.807) is 0 Å². The van der Waals surface area contributed by atoms with Gasteiger partial charge in [0.1, 0.15) is 0 Å². The van der Waals surface area contributed by atoms with E-state index in [1.165, 1.54) is 17.7 Å². The lowest BCUT2D eigenvalue weighted by molar-refractivity contribution is 0.0184. The minimum absolute atomic E-state index is 0.228. The van der Waals surface area contributed by atoms with Crippen molar-refractivity contribution >= 4 is 0 Å². The van der Waals surface area contributed by atoms with Crippen LogP contribution in [0.1, 0.15) is 36.2 Å². The highest BCUT2D eigenvalue weighted by Gasteiger charge is 2.45. The van der Waals surface area contributed by atoms with Gasteiger partial charge in [-0.2, -0.15) is 5.10 Å². The number of hydrogen-bond acceptors (Lipinski definition) is 3. The second-order valence-electron chi connectivity index (χ2n) is 4.60. The number of hydrogen-bond donors (Lipinski definition) is 3. The molecule has 2 aliphatic rings. The number of nitrogens with one attached hydrogen (secondary N) is 1. The Labute approximate surface area is 82.5 Å². The van der Waals surface area contributed by atoms with Gasteiger partial charge in [-0.05, 0) is 37.7 Å². The van der Waals surface area contributed by atoms with Crippen molar-refractivity contribution in [3.05, 3.63) is 17.0 Å². The first-order valence-electron chi connectivity index (χ1n) is 5.22. The van der Waals surface area contributed by atoms with Gasteiger partial charge in [0, 0.05) is 5.69 Å². The van der Waals surface area contributed by atoms with Gasteiger partial charge in [0.2, 0.25) is 0 Å². The number of H-pyrrole nitrogens is 1. The standard InChI is InChI=1S/C10H15N3O/c11-10(4-6(14)5-10)9-7-2-1-3-8(7)12-13-9/h6,14H,1-5,11H2,(H,12,13). The second kappa shape index (κ2) is 2.58. The molecule has 0 amide bonds. The fourth-order valence-corrected chi connectivity index (χ4v) is 2.71. The fraction of sp³-hybridized carbons (Fsp3) is 0.700. The number of fused-ring (bicyclic) bond motifs is 1. The maximum absolute atomic E-state index is 9.31. The van der Waals surface area contributed by atoms with Gasteiger partial charge < -0.3 is 10.8 Å². The summed E-state index contributed by atoms with van der Waals surface area (Å²) in [6.07, 6.45) is 4.48. The highest BCUT2D eigenvalue weighted by Crippen LogP contribution is 2.41. The number of aliphatic hydroxyl groups excluding tert-OH is 1. The minimum Gasteiger partial charge on any atom is -0.393 e. The SMILES string of the molecule is NC1(c2n[nH]c3c2CCC3)CC(O)C1. The Kier molecular flexibility index (Phi) is 1.56. The van der Waals surface area contributed by atoms with Gasteiger partial charge in [-0.25, -0.2) is 0 Å². The lowest BCUT2D eigenvalue weighted by atomic mass is 9.72. The van der Waals surface area contributed by atoms with Crippen LogP contribution >= 0.6 is 0 Å². The average Bonchev–Trinajstić information content (AvgIpc) is 2.59. The normalized spacial score (nSPS) is 35.4. The molecule has 1 aromatic rings. The van der Waals surface area contributed by atoms with E-state index in [9.17, 15) is 5.11 Å². The lowest BCUT2D eigenvalue weighted by Gasteiger charge is -2.41. The summed E-state index contributed by atoms with van der Waals surface area (Å²) in [6.45, 7) is 0. The third kappa shape index (κ3) is 0.980. The van der Waals surface area contributed by atoms with Gasteiger partial charge >= 0.3 is 0 Å². The number of nitrogens with two attached hydrogens (primary N) is 1. The Morgan fingerprint density at radius 1 is 1.43 bits per heavy atom. The number of aromatic nitrogens is 2. The van der Waals surface area contributed by atoms with E-state index in [0.29, 0.717) is 12.8 Å². The summed E-state index contributed by atoms with van der Waals surface area (Å²) in [4.78, 5) is 0. The summed E-state index contributed by atoms with van der Waals surface area (Å²) in [6, 6.07) is 0. The number of nitrogens with zero attached hydrogens (tertiary/aromatic N) is 1. The first-order chi connectivity index (χ1) is 6.69. The second-order valence-corrected chi connectivity index (χ2v) is 4.60. The van der Waals surface area contributed by atoms with Crippen molar-refractivity contribution in [3.8, 4) is 0 Å². The fourth-order valence-electron chi connectivity index (χ4n) is 2.71. The average molecular weight is 193 g/mol. The molecule has 0 unspecified atom stereocenters. The first-order valence-corrected chi connectivity index (χ1v) is 5.22. The van der Waals surface area contributed by atoms with Gasteiger partial charge in [-0.3, -0.25) is 5.10 Å². The molecule has 1 saturated carbocycles. The highest BCUT2D eigenvalue weighted by molar-refractivity contribution is 5.36. The number of rotatable bonds is 1. The van der Waals surface area contributed by atoms with E-state index in [4.69, 9.17) is 5.73 Å². The molecule has 4 N–H and O–H groups in total. The van der Waals surface area contributed by atoms with Crippen molar-refractivity contribution < 1.29 is 5.11 Å². The van der Waals surface area contributed by atoms with Crippen molar-refractivity contribution in [1.29, 1.82) is 0 Å². The van der Waals surface area contributed by atoms with Crippen LogP contribution < -0.4 is 5.73 Å². The molecule has 0 aliphatic heterocycles. The largest absolute Gasteiger partial charge is 0.393 e. The van der Waals surface area contributed by atoms with Crippen LogP contribution in [0.2, 0.25) is 0 Å². The van der Waals surface area contributed by atoms with Crippen LogP contribution in [0.15, 0.2) is 0 Å². The third-order valence-corrected chi connectivity index (χ3v) is 3.48. The van der Waals surface area contributed by atoms with Crippen LogP contribution in [0.5, 0.6) is 0 Å². The summed E-state index contributed by atoms with van der Waals surface area (Å²) in [5.74, 6) is 0. The van der Waals surface area contributed by atoms with Crippen LogP contribution in [0, 0.1) is 0 Å². The molecule has 0 aromatic carbocycles. The lowest BCUT2D eigenvalue weighted by Crippen LogP contribution is -2.52. The molecule has 1 aromatic heterocycles. The van der Waals surface area contributed by atoms with Crippen LogP contribution in [-0.4, -0.2) is 21.4 Å². The smallest absolute Gasteiger partial charge is 0.0857 e. The zero-order valence-corrected chi connectivity index (χ0v) is 8.08. The molecule has 0 radical (unpaired) electrons. The Morgan fingerprint density at radius 2 is 2.21 bits per heavy atom. The Bertz CT molecular complexity index is 365. The Hall–Kier alpha value is -0.870. The first kappa shape index (κ1) is 8.44. The molecule has 3 rings (SSSR count). The Balaban J connectivity index is 1.97. The molecule has 1 fully saturated rings. The topological polar surface area (TPSA) is 74.9 Å². The maximum atomic E-state index is 9.31. The molecule has 4 heteroatoms. The van der Waals surface area contributed by atoms with Crippen molar-refractivity contribution in [2.24, 2.45) is 5.73 Å². The summed E-state index contributed by atoms with van der Waals surface area (Å²) < 4.78 is 0. The summed E-state index contributed by atoms with van der Waals surface area (Å²) in [7, 11) is 0. The van der Waals surface area contributed by atoms with E-state index < -0.39 is 0 Å². The zero-order valence-electron chi connectivity index (χ0n) is 8.08. The molecule has 0 bridgehead atoms. The highest BCUT2D eigenvalue weighted by atomic mass is 16.3. The van der Waals surface area contributed by atoms with E-state index >= 15 is 0 Å². The molecular formula is C10H15N3O. The molecule has 76 valence electrons. The third-order valence-electron chi connectivity index (χ3n) is 3.48. The monoisotopic (exact) mass is 193 g/mol. The van der Waals surface area contributed by atoms with E-state index in [1.807, 2.05) is 0 Å². The molecule has 0 saturated heterocycles. The predicted octanol–water partition coefficient (Wildman–Crippen LogP) is 0.207. The molecule has 1 heterocycles. The van der Waals surface area contributed by atoms with Gasteiger partial charge in [0.05, 0.1) is 17.3 Å². The zero-order chi connectivity index (χ0) is 9.76. The van der Waals surface area contributed by atoms with E-state index in [2.05, 4.69) is 10.2 Å². The van der Waals surface area contributed by atoms with Gasteiger partial charge in [-0.15, -0.1) is 0 Å². The molecule has 14 heavy (non-hydrogen) atoms. The quantitative estimate of drug-likeness (QED) is 0.596. The number of aliphatic hydroxyl groups is 1. The number of aryl methyl sites for hydroxylation is 1. The summed E-state index contributed by atoms with van der Waals surface area (Å²) >= 11 is 0. The maximum Gasteiger partial charge on any atom is 0.0857 e. The van der Waals surface area contributed by atoms with Gasteiger partial charge in [-0.1, -0.05) is 0 Å². The van der Waals surface area contributed by atoms with Crippen LogP contribution in [0.25, 0.3) is 0 Å². The van der Waals surface area contributed by atoms with Crippen LogP contribution in [0.3, 0.4) is 0 Å². The minimum atomic E-state index is -0.353. The van der Waals surface area contributed by atoms with Gasteiger partial charge in [0.15, 0.2) is 0 Å². The Morgan fingerprint density at radius 3 is 2.93 bits per heavy atom. The number of aromatic amines is 1.